The highest BCUT2D eigenvalue weighted by Gasteiger charge is 2.14. The van der Waals surface area contributed by atoms with Crippen LogP contribution in [0.4, 0.5) is 0 Å². The molecule has 0 unspecified atom stereocenters. The largest absolute Gasteiger partial charge is 0.460 e. The van der Waals surface area contributed by atoms with E-state index in [1.165, 1.54) is 23.8 Å². The Morgan fingerprint density at radius 1 is 1.19 bits per heavy atom. The van der Waals surface area contributed by atoms with Crippen molar-refractivity contribution in [2.45, 2.75) is 30.7 Å². The molecule has 2 aromatic rings. The van der Waals surface area contributed by atoms with Gasteiger partial charge in [0.05, 0.1) is 4.90 Å². The lowest BCUT2D eigenvalue weighted by Crippen LogP contribution is -2.32. The van der Waals surface area contributed by atoms with Crippen LogP contribution in [0.1, 0.15) is 17.5 Å². The Morgan fingerprint density at radius 2 is 1.78 bits per heavy atom. The monoisotopic (exact) mass is 391 g/mol. The van der Waals surface area contributed by atoms with Crippen molar-refractivity contribution in [2.24, 2.45) is 5.73 Å². The van der Waals surface area contributed by atoms with Gasteiger partial charge in [-0.25, -0.2) is 0 Å². The maximum atomic E-state index is 11.3. The predicted molar refractivity (Wildman–Crippen MR) is 105 cm³/mol. The van der Waals surface area contributed by atoms with Crippen LogP contribution in [0, 0.1) is 6.92 Å². The summed E-state index contributed by atoms with van der Waals surface area (Å²) in [5, 5.41) is 0. The van der Waals surface area contributed by atoms with Gasteiger partial charge in [-0.1, -0.05) is 60.7 Å². The van der Waals surface area contributed by atoms with Crippen LogP contribution < -0.4 is 5.73 Å². The molecular formula is C20H25NO5S. The van der Waals surface area contributed by atoms with Gasteiger partial charge in [-0.3, -0.25) is 9.35 Å². The maximum Gasteiger partial charge on any atom is 0.323 e. The van der Waals surface area contributed by atoms with Crippen LogP contribution in [0.5, 0.6) is 0 Å². The topological polar surface area (TPSA) is 107 Å². The minimum atomic E-state index is -4.02. The summed E-state index contributed by atoms with van der Waals surface area (Å²) < 4.78 is 34.4. The van der Waals surface area contributed by atoms with E-state index in [2.05, 4.69) is 6.58 Å². The molecule has 0 saturated carbocycles. The SMILES string of the molecule is C=CCOC(=O)[C@H](N)CCc1ccccc1.Cc1ccc(S(=O)(=O)O)cc1. The maximum absolute atomic E-state index is 11.3. The van der Waals surface area contributed by atoms with Gasteiger partial charge in [0, 0.05) is 0 Å². The summed E-state index contributed by atoms with van der Waals surface area (Å²) in [5.74, 6) is -0.365. The Balaban J connectivity index is 0.000000289. The zero-order chi connectivity index (χ0) is 20.3. The second-order valence-corrected chi connectivity index (χ2v) is 7.26. The Bertz CT molecular complexity index is 817. The van der Waals surface area contributed by atoms with Crippen molar-refractivity contribution in [2.75, 3.05) is 6.61 Å². The summed E-state index contributed by atoms with van der Waals surface area (Å²) in [6.07, 6.45) is 2.91. The molecule has 0 spiro atoms. The van der Waals surface area contributed by atoms with Crippen molar-refractivity contribution >= 4 is 16.1 Å². The Hall–Kier alpha value is -2.48. The molecule has 0 radical (unpaired) electrons. The summed E-state index contributed by atoms with van der Waals surface area (Å²) in [7, 11) is -4.02. The van der Waals surface area contributed by atoms with Crippen molar-refractivity contribution in [3.63, 3.8) is 0 Å². The molecule has 0 aromatic heterocycles. The smallest absolute Gasteiger partial charge is 0.323 e. The molecule has 6 nitrogen and oxygen atoms in total. The van der Waals surface area contributed by atoms with Gasteiger partial charge in [-0.15, -0.1) is 0 Å². The molecule has 0 saturated heterocycles. The number of esters is 1. The van der Waals surface area contributed by atoms with E-state index in [9.17, 15) is 13.2 Å². The normalized spacial score (nSPS) is 11.7. The summed E-state index contributed by atoms with van der Waals surface area (Å²) in [6, 6.07) is 15.4. The van der Waals surface area contributed by atoms with Gasteiger partial charge in [-0.05, 0) is 37.5 Å². The van der Waals surface area contributed by atoms with Crippen molar-refractivity contribution in [3.05, 3.63) is 78.4 Å². The second-order valence-electron chi connectivity index (χ2n) is 5.84. The molecule has 3 N–H and O–H groups in total. The third-order valence-electron chi connectivity index (χ3n) is 3.55. The zero-order valence-electron chi connectivity index (χ0n) is 15.2. The van der Waals surface area contributed by atoms with E-state index in [1.807, 2.05) is 37.3 Å². The molecule has 0 aliphatic rings. The van der Waals surface area contributed by atoms with Crippen LogP contribution in [0.15, 0.2) is 72.1 Å². The molecular weight excluding hydrogens is 366 g/mol. The molecule has 2 aromatic carbocycles. The quantitative estimate of drug-likeness (QED) is 0.427. The predicted octanol–water partition coefficient (Wildman–Crippen LogP) is 2.92. The lowest BCUT2D eigenvalue weighted by Gasteiger charge is -2.10. The molecule has 0 amide bonds. The number of ether oxygens (including phenoxy) is 1. The number of benzene rings is 2. The van der Waals surface area contributed by atoms with E-state index < -0.39 is 16.2 Å². The number of rotatable bonds is 7. The van der Waals surface area contributed by atoms with Crippen molar-refractivity contribution in [1.82, 2.24) is 0 Å². The minimum absolute atomic E-state index is 0.0666. The van der Waals surface area contributed by atoms with Crippen molar-refractivity contribution in [3.8, 4) is 0 Å². The lowest BCUT2D eigenvalue weighted by atomic mass is 10.1. The number of carbonyl (C=O) groups excluding carboxylic acids is 1. The molecule has 0 fully saturated rings. The number of aryl methyl sites for hydroxylation is 2. The third-order valence-corrected chi connectivity index (χ3v) is 4.42. The van der Waals surface area contributed by atoms with Crippen molar-refractivity contribution < 1.29 is 22.5 Å². The molecule has 0 aliphatic heterocycles. The second kappa shape index (κ2) is 11.3. The van der Waals surface area contributed by atoms with E-state index in [0.717, 1.165) is 12.0 Å². The molecule has 27 heavy (non-hydrogen) atoms. The molecule has 0 aliphatic carbocycles. The van der Waals surface area contributed by atoms with Gasteiger partial charge >= 0.3 is 5.97 Å². The summed E-state index contributed by atoms with van der Waals surface area (Å²) >= 11 is 0. The zero-order valence-corrected chi connectivity index (χ0v) is 16.1. The van der Waals surface area contributed by atoms with Gasteiger partial charge < -0.3 is 10.5 Å². The average molecular weight is 391 g/mol. The molecule has 2 rings (SSSR count). The first-order valence-corrected chi connectivity index (χ1v) is 9.79. The fourth-order valence-electron chi connectivity index (χ4n) is 2.04. The van der Waals surface area contributed by atoms with E-state index in [4.69, 9.17) is 15.0 Å². The molecule has 0 bridgehead atoms. The number of hydrogen-bond donors (Lipinski definition) is 2. The highest BCUT2D eigenvalue weighted by atomic mass is 32.2. The molecule has 1 atom stereocenters. The number of carbonyl (C=O) groups is 1. The minimum Gasteiger partial charge on any atom is -0.460 e. The molecule has 7 heteroatoms. The van der Waals surface area contributed by atoms with Crippen LogP contribution in [0.3, 0.4) is 0 Å². The molecule has 0 heterocycles. The average Bonchev–Trinajstić information content (AvgIpc) is 2.65. The first-order chi connectivity index (χ1) is 12.7. The summed E-state index contributed by atoms with van der Waals surface area (Å²) in [5.41, 5.74) is 7.83. The van der Waals surface area contributed by atoms with Crippen LogP contribution >= 0.6 is 0 Å². The van der Waals surface area contributed by atoms with Crippen molar-refractivity contribution in [1.29, 1.82) is 0 Å². The van der Waals surface area contributed by atoms with Crippen LogP contribution in [0.2, 0.25) is 0 Å². The standard InChI is InChI=1S/C13H17NO2.C7H8O3S/c1-2-10-16-13(15)12(14)9-8-11-6-4-3-5-7-11;1-6-2-4-7(5-3-6)11(8,9)10/h2-7,12H,1,8-10,14H2;2-5H,1H3,(H,8,9,10)/t12-;/m1./s1. The first kappa shape index (κ1) is 22.6. The van der Waals surface area contributed by atoms with Crippen LogP contribution in [0.25, 0.3) is 0 Å². The van der Waals surface area contributed by atoms with E-state index >= 15 is 0 Å². The number of nitrogens with two attached hydrogens (primary N) is 1. The van der Waals surface area contributed by atoms with Crippen LogP contribution in [-0.2, 0) is 26.1 Å². The van der Waals surface area contributed by atoms with Gasteiger partial charge in [-0.2, -0.15) is 8.42 Å². The Kier molecular flexibility index (Phi) is 9.42. The summed E-state index contributed by atoms with van der Waals surface area (Å²) in [4.78, 5) is 11.3. The van der Waals surface area contributed by atoms with Gasteiger partial charge in [0.25, 0.3) is 10.1 Å². The van der Waals surface area contributed by atoms with Gasteiger partial charge in [0.15, 0.2) is 0 Å². The number of hydrogen-bond acceptors (Lipinski definition) is 5. The lowest BCUT2D eigenvalue weighted by molar-refractivity contribution is -0.144. The third kappa shape index (κ3) is 9.14. The van der Waals surface area contributed by atoms with E-state index in [0.29, 0.717) is 6.42 Å². The Morgan fingerprint density at radius 3 is 2.30 bits per heavy atom. The fraction of sp³-hybridized carbons (Fsp3) is 0.250. The first-order valence-electron chi connectivity index (χ1n) is 8.35. The van der Waals surface area contributed by atoms with E-state index in [1.54, 1.807) is 12.1 Å². The summed E-state index contributed by atoms with van der Waals surface area (Å²) in [6.45, 7) is 5.53. The van der Waals surface area contributed by atoms with Crippen LogP contribution in [-0.4, -0.2) is 31.6 Å². The highest BCUT2D eigenvalue weighted by Crippen LogP contribution is 2.08. The molecule has 146 valence electrons. The highest BCUT2D eigenvalue weighted by molar-refractivity contribution is 7.85. The van der Waals surface area contributed by atoms with Gasteiger partial charge in [0.1, 0.15) is 12.6 Å². The van der Waals surface area contributed by atoms with E-state index in [-0.39, 0.29) is 17.5 Å². The Labute approximate surface area is 160 Å². The fourth-order valence-corrected chi connectivity index (χ4v) is 2.52. The van der Waals surface area contributed by atoms with Gasteiger partial charge in [0.2, 0.25) is 0 Å².